The molecule has 0 aliphatic heterocycles. The van der Waals surface area contributed by atoms with Gasteiger partial charge in [-0.05, 0) is 26.5 Å². The third-order valence-corrected chi connectivity index (χ3v) is 3.93. The quantitative estimate of drug-likeness (QED) is 0.721. The Balaban J connectivity index is 2.28. The van der Waals surface area contributed by atoms with Crippen molar-refractivity contribution in [3.8, 4) is 0 Å². The highest BCUT2D eigenvalue weighted by molar-refractivity contribution is 6.31. The first-order valence-electron chi connectivity index (χ1n) is 6.89. The van der Waals surface area contributed by atoms with Crippen LogP contribution in [0.5, 0.6) is 0 Å². The molecule has 1 aromatic carbocycles. The summed E-state index contributed by atoms with van der Waals surface area (Å²) >= 11 is 6.05. The molecule has 2 unspecified atom stereocenters. The molecule has 0 saturated heterocycles. The maximum Gasteiger partial charge on any atom is 0.0928 e. The molecule has 3 nitrogen and oxygen atoms in total. The van der Waals surface area contributed by atoms with E-state index in [9.17, 15) is 5.11 Å². The summed E-state index contributed by atoms with van der Waals surface area (Å²) in [6.45, 7) is 6.78. The summed E-state index contributed by atoms with van der Waals surface area (Å²) in [7, 11) is 2.13. The van der Waals surface area contributed by atoms with Crippen LogP contribution in [0.2, 0.25) is 5.02 Å². The molecule has 108 valence electrons. The third-order valence-electron chi connectivity index (χ3n) is 3.59. The first-order chi connectivity index (χ1) is 9.06. The van der Waals surface area contributed by atoms with E-state index in [0.717, 1.165) is 25.1 Å². The van der Waals surface area contributed by atoms with E-state index in [4.69, 9.17) is 11.6 Å². The van der Waals surface area contributed by atoms with Crippen molar-refractivity contribution in [3.05, 3.63) is 34.9 Å². The Labute approximate surface area is 121 Å². The second-order valence-corrected chi connectivity index (χ2v) is 5.39. The molecular weight excluding hydrogens is 260 g/mol. The highest BCUT2D eigenvalue weighted by Crippen LogP contribution is 2.21. The molecule has 2 N–H and O–H groups in total. The fraction of sp³-hybridized carbons (Fsp3) is 0.600. The molecule has 0 bridgehead atoms. The van der Waals surface area contributed by atoms with Crippen molar-refractivity contribution in [1.29, 1.82) is 0 Å². The van der Waals surface area contributed by atoms with Crippen LogP contribution >= 0.6 is 11.6 Å². The van der Waals surface area contributed by atoms with Gasteiger partial charge in [0.2, 0.25) is 0 Å². The van der Waals surface area contributed by atoms with E-state index >= 15 is 0 Å². The smallest absolute Gasteiger partial charge is 0.0928 e. The van der Waals surface area contributed by atoms with Gasteiger partial charge < -0.3 is 15.3 Å². The lowest BCUT2D eigenvalue weighted by Gasteiger charge is -2.23. The number of nitrogens with one attached hydrogen (secondary N) is 1. The first kappa shape index (κ1) is 16.4. The molecule has 0 spiro atoms. The zero-order valence-corrected chi connectivity index (χ0v) is 12.8. The normalized spacial score (nSPS) is 14.6. The topological polar surface area (TPSA) is 35.5 Å². The van der Waals surface area contributed by atoms with Gasteiger partial charge >= 0.3 is 0 Å². The zero-order chi connectivity index (χ0) is 14.3. The van der Waals surface area contributed by atoms with Crippen LogP contribution in [0.4, 0.5) is 0 Å². The van der Waals surface area contributed by atoms with Gasteiger partial charge in [0.25, 0.3) is 0 Å². The molecule has 19 heavy (non-hydrogen) atoms. The molecule has 2 atom stereocenters. The summed E-state index contributed by atoms with van der Waals surface area (Å²) in [6.07, 6.45) is 0.598. The summed E-state index contributed by atoms with van der Waals surface area (Å²) in [5, 5.41) is 14.0. The van der Waals surface area contributed by atoms with Crippen LogP contribution in [0.3, 0.4) is 0 Å². The summed E-state index contributed by atoms with van der Waals surface area (Å²) < 4.78 is 0. The van der Waals surface area contributed by atoms with E-state index in [2.05, 4.69) is 31.1 Å². The Kier molecular flexibility index (Phi) is 7.39. The van der Waals surface area contributed by atoms with E-state index in [0.29, 0.717) is 17.6 Å². The minimum atomic E-state index is -0.553. The summed E-state index contributed by atoms with van der Waals surface area (Å²) in [5.74, 6) is 0. The summed E-state index contributed by atoms with van der Waals surface area (Å²) in [4.78, 5) is 2.31. The maximum absolute atomic E-state index is 10.1. The number of nitrogens with zero attached hydrogens (tertiary/aromatic N) is 1. The van der Waals surface area contributed by atoms with Gasteiger partial charge in [-0.2, -0.15) is 0 Å². The molecular formula is C15H25ClN2O. The van der Waals surface area contributed by atoms with Crippen LogP contribution in [0.1, 0.15) is 31.9 Å². The van der Waals surface area contributed by atoms with E-state index in [1.54, 1.807) is 6.07 Å². The molecule has 0 fully saturated rings. The maximum atomic E-state index is 10.1. The number of aliphatic hydroxyl groups excluding tert-OH is 1. The van der Waals surface area contributed by atoms with Crippen molar-refractivity contribution in [1.82, 2.24) is 10.2 Å². The number of hydrogen-bond acceptors (Lipinski definition) is 3. The van der Waals surface area contributed by atoms with Crippen LogP contribution in [0.15, 0.2) is 24.3 Å². The molecule has 0 heterocycles. The fourth-order valence-corrected chi connectivity index (χ4v) is 2.14. The Morgan fingerprint density at radius 3 is 2.68 bits per heavy atom. The van der Waals surface area contributed by atoms with E-state index in [1.807, 2.05) is 18.2 Å². The molecule has 0 amide bonds. The minimum absolute atomic E-state index is 0.526. The predicted octanol–water partition coefficient (Wildman–Crippen LogP) is 2.69. The van der Waals surface area contributed by atoms with E-state index in [-0.39, 0.29) is 0 Å². The Hall–Kier alpha value is -0.610. The highest BCUT2D eigenvalue weighted by Gasteiger charge is 2.11. The lowest BCUT2D eigenvalue weighted by Crippen LogP contribution is -2.36. The molecule has 0 saturated carbocycles. The van der Waals surface area contributed by atoms with Gasteiger partial charge in [-0.15, -0.1) is 0 Å². The molecule has 0 aliphatic carbocycles. The van der Waals surface area contributed by atoms with Crippen molar-refractivity contribution in [2.24, 2.45) is 0 Å². The summed E-state index contributed by atoms with van der Waals surface area (Å²) in [6, 6.07) is 8.01. The van der Waals surface area contributed by atoms with Crippen molar-refractivity contribution in [2.75, 3.05) is 26.7 Å². The molecule has 1 rings (SSSR count). The standard InChI is InChI=1S/C15H25ClN2O/c1-4-12(2)18(3)10-9-17-11-15(19)13-7-5-6-8-14(13)16/h5-8,12,15,17,19H,4,9-11H2,1-3H3. The number of halogens is 1. The van der Waals surface area contributed by atoms with Crippen LogP contribution in [-0.4, -0.2) is 42.7 Å². The van der Waals surface area contributed by atoms with Gasteiger partial charge in [-0.3, -0.25) is 0 Å². The van der Waals surface area contributed by atoms with E-state index < -0.39 is 6.10 Å². The van der Waals surface area contributed by atoms with Gasteiger partial charge in [-0.1, -0.05) is 36.7 Å². The fourth-order valence-electron chi connectivity index (χ4n) is 1.88. The number of hydrogen-bond donors (Lipinski definition) is 2. The lowest BCUT2D eigenvalue weighted by molar-refractivity contribution is 0.171. The number of rotatable bonds is 8. The largest absolute Gasteiger partial charge is 0.387 e. The Bertz CT molecular complexity index is 373. The monoisotopic (exact) mass is 284 g/mol. The van der Waals surface area contributed by atoms with Crippen molar-refractivity contribution >= 4 is 11.6 Å². The molecule has 0 radical (unpaired) electrons. The van der Waals surface area contributed by atoms with Crippen LogP contribution in [0, 0.1) is 0 Å². The van der Waals surface area contributed by atoms with Crippen LogP contribution < -0.4 is 5.32 Å². The Morgan fingerprint density at radius 1 is 1.37 bits per heavy atom. The molecule has 0 aliphatic rings. The lowest BCUT2D eigenvalue weighted by atomic mass is 10.1. The SMILES string of the molecule is CCC(C)N(C)CCNCC(O)c1ccccc1Cl. The van der Waals surface area contributed by atoms with Crippen molar-refractivity contribution in [2.45, 2.75) is 32.4 Å². The first-order valence-corrected chi connectivity index (χ1v) is 7.27. The van der Waals surface area contributed by atoms with Gasteiger partial charge in [0.15, 0.2) is 0 Å². The predicted molar refractivity (Wildman–Crippen MR) is 81.7 cm³/mol. The van der Waals surface area contributed by atoms with Gasteiger partial charge in [0.1, 0.15) is 0 Å². The average molecular weight is 285 g/mol. The zero-order valence-electron chi connectivity index (χ0n) is 12.1. The Morgan fingerprint density at radius 2 is 2.05 bits per heavy atom. The molecule has 4 heteroatoms. The second kappa shape index (κ2) is 8.54. The minimum Gasteiger partial charge on any atom is -0.387 e. The molecule has 0 aromatic heterocycles. The highest BCUT2D eigenvalue weighted by atomic mass is 35.5. The van der Waals surface area contributed by atoms with Gasteiger partial charge in [-0.25, -0.2) is 0 Å². The molecule has 1 aromatic rings. The summed E-state index contributed by atoms with van der Waals surface area (Å²) in [5.41, 5.74) is 0.784. The second-order valence-electron chi connectivity index (χ2n) is 4.98. The number of benzene rings is 1. The number of aliphatic hydroxyl groups is 1. The van der Waals surface area contributed by atoms with E-state index in [1.165, 1.54) is 0 Å². The van der Waals surface area contributed by atoms with Gasteiger partial charge in [0.05, 0.1) is 6.10 Å². The van der Waals surface area contributed by atoms with Crippen LogP contribution in [-0.2, 0) is 0 Å². The van der Waals surface area contributed by atoms with Crippen LogP contribution in [0.25, 0.3) is 0 Å². The average Bonchev–Trinajstić information content (AvgIpc) is 2.42. The van der Waals surface area contributed by atoms with Crippen molar-refractivity contribution in [3.63, 3.8) is 0 Å². The van der Waals surface area contributed by atoms with Crippen molar-refractivity contribution < 1.29 is 5.11 Å². The number of likely N-dealkylation sites (N-methyl/N-ethyl adjacent to an activating group) is 1. The van der Waals surface area contributed by atoms with Gasteiger partial charge in [0, 0.05) is 36.3 Å². The third kappa shape index (κ3) is 5.49.